The predicted molar refractivity (Wildman–Crippen MR) is 120 cm³/mol. The molecule has 0 radical (unpaired) electrons. The maximum absolute atomic E-state index is 13.0. The number of carbonyl (C=O) groups is 3. The predicted octanol–water partition coefficient (Wildman–Crippen LogP) is 4.13. The molecule has 1 aliphatic heterocycles. The first-order chi connectivity index (χ1) is 15.5. The third kappa shape index (κ3) is 5.00. The monoisotopic (exact) mass is 431 g/mol. The van der Waals surface area contributed by atoms with Gasteiger partial charge in [-0.15, -0.1) is 0 Å². The Hall–Kier alpha value is -4.00. The Labute approximate surface area is 185 Å². The number of benzene rings is 3. The molecular formula is C25H22FN3O3. The molecule has 32 heavy (non-hydrogen) atoms. The van der Waals surface area contributed by atoms with E-state index in [0.717, 1.165) is 17.7 Å². The summed E-state index contributed by atoms with van der Waals surface area (Å²) in [6.07, 6.45) is 1.41. The zero-order valence-corrected chi connectivity index (χ0v) is 17.3. The number of rotatable bonds is 6. The van der Waals surface area contributed by atoms with Crippen LogP contribution in [-0.2, 0) is 11.3 Å². The van der Waals surface area contributed by atoms with Gasteiger partial charge in [-0.1, -0.05) is 12.1 Å². The molecule has 0 atom stereocenters. The van der Waals surface area contributed by atoms with Crippen LogP contribution in [0.1, 0.15) is 39.1 Å². The lowest BCUT2D eigenvalue weighted by Crippen LogP contribution is -2.25. The Morgan fingerprint density at radius 2 is 1.59 bits per heavy atom. The van der Waals surface area contributed by atoms with Crippen molar-refractivity contribution >= 4 is 29.1 Å². The first-order valence-electron chi connectivity index (χ1n) is 10.3. The molecule has 1 aliphatic rings. The lowest BCUT2D eigenvalue weighted by atomic mass is 10.1. The zero-order valence-electron chi connectivity index (χ0n) is 17.3. The minimum absolute atomic E-state index is 0.105. The minimum Gasteiger partial charge on any atom is -0.348 e. The molecule has 2 N–H and O–H groups in total. The lowest BCUT2D eigenvalue weighted by molar-refractivity contribution is -0.117. The van der Waals surface area contributed by atoms with E-state index in [1.54, 1.807) is 47.4 Å². The molecule has 1 heterocycles. The Morgan fingerprint density at radius 1 is 0.906 bits per heavy atom. The van der Waals surface area contributed by atoms with Gasteiger partial charge in [0, 0.05) is 42.0 Å². The molecule has 1 fully saturated rings. The Balaban J connectivity index is 1.34. The van der Waals surface area contributed by atoms with Gasteiger partial charge in [-0.25, -0.2) is 4.39 Å². The van der Waals surface area contributed by atoms with E-state index in [9.17, 15) is 18.8 Å². The summed E-state index contributed by atoms with van der Waals surface area (Å²) < 4.78 is 13.0. The van der Waals surface area contributed by atoms with E-state index in [2.05, 4.69) is 10.6 Å². The Bertz CT molecular complexity index is 1140. The van der Waals surface area contributed by atoms with E-state index in [1.165, 1.54) is 24.3 Å². The Morgan fingerprint density at radius 3 is 2.28 bits per heavy atom. The van der Waals surface area contributed by atoms with Crippen molar-refractivity contribution in [1.29, 1.82) is 0 Å². The van der Waals surface area contributed by atoms with E-state index in [4.69, 9.17) is 0 Å². The second kappa shape index (κ2) is 9.43. The zero-order chi connectivity index (χ0) is 22.5. The summed E-state index contributed by atoms with van der Waals surface area (Å²) >= 11 is 0. The van der Waals surface area contributed by atoms with Gasteiger partial charge < -0.3 is 15.5 Å². The van der Waals surface area contributed by atoms with Crippen molar-refractivity contribution in [2.24, 2.45) is 0 Å². The standard InChI is InChI=1S/C25H22FN3O3/c26-20-10-6-19(7-11-20)25(32)28-21-4-1-3-17(15-21)16-27-24(31)18-8-12-22(13-9-18)29-14-2-5-23(29)30/h1,3-4,6-13,15H,2,5,14,16H2,(H,27,31)(H,28,32). The molecule has 3 aromatic rings. The molecule has 0 bridgehead atoms. The topological polar surface area (TPSA) is 78.5 Å². The van der Waals surface area contributed by atoms with Gasteiger partial charge >= 0.3 is 0 Å². The highest BCUT2D eigenvalue weighted by molar-refractivity contribution is 6.04. The van der Waals surface area contributed by atoms with Crippen molar-refractivity contribution in [2.75, 3.05) is 16.8 Å². The highest BCUT2D eigenvalue weighted by Crippen LogP contribution is 2.21. The summed E-state index contributed by atoms with van der Waals surface area (Å²) in [4.78, 5) is 38.4. The fraction of sp³-hybridized carbons (Fsp3) is 0.160. The summed E-state index contributed by atoms with van der Waals surface area (Å²) in [5, 5.41) is 5.63. The summed E-state index contributed by atoms with van der Waals surface area (Å²) in [5.41, 5.74) is 3.04. The number of amides is 3. The number of carbonyl (C=O) groups excluding carboxylic acids is 3. The van der Waals surface area contributed by atoms with Crippen LogP contribution in [0.4, 0.5) is 15.8 Å². The van der Waals surface area contributed by atoms with E-state index in [1.807, 2.05) is 6.07 Å². The van der Waals surface area contributed by atoms with Crippen LogP contribution in [0.15, 0.2) is 72.8 Å². The molecule has 162 valence electrons. The number of hydrogen-bond acceptors (Lipinski definition) is 3. The maximum Gasteiger partial charge on any atom is 0.255 e. The van der Waals surface area contributed by atoms with Crippen molar-refractivity contribution in [2.45, 2.75) is 19.4 Å². The molecule has 0 aliphatic carbocycles. The Kier molecular flexibility index (Phi) is 6.26. The fourth-order valence-corrected chi connectivity index (χ4v) is 3.56. The number of hydrogen-bond donors (Lipinski definition) is 2. The van der Waals surface area contributed by atoms with Crippen LogP contribution in [0.5, 0.6) is 0 Å². The third-order valence-electron chi connectivity index (χ3n) is 5.26. The number of nitrogens with zero attached hydrogens (tertiary/aromatic N) is 1. The molecule has 0 saturated carbocycles. The quantitative estimate of drug-likeness (QED) is 0.616. The van der Waals surface area contributed by atoms with E-state index in [0.29, 0.717) is 29.8 Å². The van der Waals surface area contributed by atoms with Gasteiger partial charge in [0.2, 0.25) is 5.91 Å². The van der Waals surface area contributed by atoms with E-state index >= 15 is 0 Å². The van der Waals surface area contributed by atoms with Crippen LogP contribution in [0.2, 0.25) is 0 Å². The average Bonchev–Trinajstić information content (AvgIpc) is 3.24. The molecule has 3 amide bonds. The van der Waals surface area contributed by atoms with Crippen molar-refractivity contribution in [3.8, 4) is 0 Å². The number of halogens is 1. The van der Waals surface area contributed by atoms with Gasteiger partial charge in [-0.05, 0) is 72.6 Å². The second-order valence-corrected chi connectivity index (χ2v) is 7.54. The molecule has 4 rings (SSSR count). The van der Waals surface area contributed by atoms with Crippen molar-refractivity contribution in [3.63, 3.8) is 0 Å². The van der Waals surface area contributed by atoms with Gasteiger partial charge in [0.25, 0.3) is 11.8 Å². The molecule has 7 heteroatoms. The summed E-state index contributed by atoms with van der Waals surface area (Å²) in [7, 11) is 0. The van der Waals surface area contributed by atoms with E-state index < -0.39 is 5.82 Å². The van der Waals surface area contributed by atoms with Gasteiger partial charge in [0.1, 0.15) is 5.82 Å². The first-order valence-corrected chi connectivity index (χ1v) is 10.3. The van der Waals surface area contributed by atoms with Gasteiger partial charge in [-0.2, -0.15) is 0 Å². The van der Waals surface area contributed by atoms with Crippen LogP contribution in [0, 0.1) is 5.82 Å². The van der Waals surface area contributed by atoms with Crippen molar-refractivity contribution in [1.82, 2.24) is 5.32 Å². The molecule has 0 aromatic heterocycles. The largest absolute Gasteiger partial charge is 0.348 e. The van der Waals surface area contributed by atoms with Crippen LogP contribution in [0.3, 0.4) is 0 Å². The van der Waals surface area contributed by atoms with Gasteiger partial charge in [-0.3, -0.25) is 14.4 Å². The minimum atomic E-state index is -0.404. The van der Waals surface area contributed by atoms with Crippen molar-refractivity contribution in [3.05, 3.63) is 95.3 Å². The summed E-state index contributed by atoms with van der Waals surface area (Å²) in [6, 6.07) is 19.4. The summed E-state index contributed by atoms with van der Waals surface area (Å²) in [5.74, 6) is -0.875. The molecule has 3 aromatic carbocycles. The SMILES string of the molecule is O=C(NCc1cccc(NC(=O)c2ccc(F)cc2)c1)c1ccc(N2CCCC2=O)cc1. The highest BCUT2D eigenvalue weighted by atomic mass is 19.1. The maximum atomic E-state index is 13.0. The fourth-order valence-electron chi connectivity index (χ4n) is 3.56. The second-order valence-electron chi connectivity index (χ2n) is 7.54. The molecular weight excluding hydrogens is 409 g/mol. The van der Waals surface area contributed by atoms with E-state index in [-0.39, 0.29) is 24.3 Å². The lowest BCUT2D eigenvalue weighted by Gasteiger charge is -2.15. The van der Waals surface area contributed by atoms with Crippen molar-refractivity contribution < 1.29 is 18.8 Å². The smallest absolute Gasteiger partial charge is 0.255 e. The summed E-state index contributed by atoms with van der Waals surface area (Å²) in [6.45, 7) is 0.990. The van der Waals surface area contributed by atoms with Crippen LogP contribution >= 0.6 is 0 Å². The number of nitrogens with one attached hydrogen (secondary N) is 2. The van der Waals surface area contributed by atoms with Gasteiger partial charge in [0.05, 0.1) is 0 Å². The molecule has 0 spiro atoms. The molecule has 1 saturated heterocycles. The molecule has 0 unspecified atom stereocenters. The average molecular weight is 431 g/mol. The normalized spacial score (nSPS) is 13.2. The first kappa shape index (κ1) is 21.2. The molecule has 6 nitrogen and oxygen atoms in total. The van der Waals surface area contributed by atoms with Crippen LogP contribution in [0.25, 0.3) is 0 Å². The van der Waals surface area contributed by atoms with Crippen LogP contribution in [-0.4, -0.2) is 24.3 Å². The highest BCUT2D eigenvalue weighted by Gasteiger charge is 2.21. The number of anilines is 2. The third-order valence-corrected chi connectivity index (χ3v) is 5.26. The van der Waals surface area contributed by atoms with Crippen LogP contribution < -0.4 is 15.5 Å². The van der Waals surface area contributed by atoms with Gasteiger partial charge in [0.15, 0.2) is 0 Å².